The summed E-state index contributed by atoms with van der Waals surface area (Å²) in [5.74, 6) is 1.80. The molecule has 0 atom stereocenters. The molecule has 9 aromatic carbocycles. The predicted molar refractivity (Wildman–Crippen MR) is 230 cm³/mol. The number of nitrogens with zero attached hydrogens (tertiary/aromatic N) is 2. The fraction of sp³-hybridized carbons (Fsp3) is 0.0189. The molecule has 13 rings (SSSR count). The molecule has 11 aromatic rings. The van der Waals surface area contributed by atoms with Crippen molar-refractivity contribution in [2.45, 2.75) is 5.41 Å². The lowest BCUT2D eigenvalue weighted by Crippen LogP contribution is -2.32. The van der Waals surface area contributed by atoms with E-state index >= 15 is 0 Å². The summed E-state index contributed by atoms with van der Waals surface area (Å²) in [5.41, 5.74) is 13.8. The van der Waals surface area contributed by atoms with Gasteiger partial charge in [-0.25, -0.2) is 0 Å². The number of rotatable bonds is 2. The molecule has 1 aliphatic heterocycles. The number of fused-ring (bicyclic) bond motifs is 16. The van der Waals surface area contributed by atoms with Crippen molar-refractivity contribution < 1.29 is 4.74 Å². The Bertz CT molecular complexity index is 3200. The van der Waals surface area contributed by atoms with Crippen LogP contribution in [0.4, 0.5) is 0 Å². The highest BCUT2D eigenvalue weighted by Crippen LogP contribution is 2.63. The van der Waals surface area contributed by atoms with Gasteiger partial charge in [-0.1, -0.05) is 127 Å². The molecule has 3 heterocycles. The standard InChI is InChI=1S/C53H32N2O/c1-2-14-34-30-52-46(29-33(34)13-1)53(45-19-7-12-24-51(45)56-52)43-27-25-35(54-47-20-8-3-15-37(47)38-16-4-9-21-48(38)54)31-41(43)42-32-36(26-28-44(42)53)55-49-22-10-5-17-39(49)40-18-6-11-23-50(40)55/h1-32H. The van der Waals surface area contributed by atoms with Crippen LogP contribution in [0.25, 0.3) is 76.9 Å². The Labute approximate surface area is 322 Å². The number of ether oxygens (including phenoxy) is 1. The highest BCUT2D eigenvalue weighted by molar-refractivity contribution is 6.10. The van der Waals surface area contributed by atoms with Crippen LogP contribution in [0.5, 0.6) is 11.5 Å². The Hall–Kier alpha value is -7.36. The summed E-state index contributed by atoms with van der Waals surface area (Å²) < 4.78 is 11.7. The van der Waals surface area contributed by atoms with Gasteiger partial charge in [0.2, 0.25) is 0 Å². The average molecular weight is 713 g/mol. The van der Waals surface area contributed by atoms with Crippen LogP contribution in [0.3, 0.4) is 0 Å². The third-order valence-corrected chi connectivity index (χ3v) is 12.5. The topological polar surface area (TPSA) is 19.1 Å². The van der Waals surface area contributed by atoms with Gasteiger partial charge in [-0.3, -0.25) is 0 Å². The van der Waals surface area contributed by atoms with Crippen molar-refractivity contribution in [2.24, 2.45) is 0 Å². The zero-order valence-electron chi connectivity index (χ0n) is 30.3. The van der Waals surface area contributed by atoms with Gasteiger partial charge in [-0.05, 0) is 99.8 Å². The lowest BCUT2D eigenvalue weighted by molar-refractivity contribution is 0.437. The zero-order chi connectivity index (χ0) is 36.5. The van der Waals surface area contributed by atoms with Crippen LogP contribution in [0.15, 0.2) is 194 Å². The molecule has 260 valence electrons. The summed E-state index contributed by atoms with van der Waals surface area (Å²) in [7, 11) is 0. The minimum atomic E-state index is -0.600. The highest BCUT2D eigenvalue weighted by atomic mass is 16.5. The number of benzene rings is 9. The van der Waals surface area contributed by atoms with Gasteiger partial charge in [0, 0.05) is 44.0 Å². The first-order valence-corrected chi connectivity index (χ1v) is 19.3. The van der Waals surface area contributed by atoms with E-state index in [9.17, 15) is 0 Å². The summed E-state index contributed by atoms with van der Waals surface area (Å²) in [6, 6.07) is 71.3. The molecule has 0 N–H and O–H groups in total. The Morgan fingerprint density at radius 1 is 0.321 bits per heavy atom. The molecule has 0 fully saturated rings. The number of hydrogen-bond acceptors (Lipinski definition) is 1. The molecule has 0 radical (unpaired) electrons. The van der Waals surface area contributed by atoms with Crippen molar-refractivity contribution in [1.82, 2.24) is 9.13 Å². The molecule has 0 saturated heterocycles. The molecule has 1 spiro atoms. The number of para-hydroxylation sites is 5. The second kappa shape index (κ2) is 10.9. The van der Waals surface area contributed by atoms with E-state index in [-0.39, 0.29) is 0 Å². The zero-order valence-corrected chi connectivity index (χ0v) is 30.3. The normalized spacial score (nSPS) is 13.6. The van der Waals surface area contributed by atoms with Crippen molar-refractivity contribution in [2.75, 3.05) is 0 Å². The van der Waals surface area contributed by atoms with E-state index in [0.29, 0.717) is 0 Å². The second-order valence-electron chi connectivity index (χ2n) is 15.2. The fourth-order valence-electron chi connectivity index (χ4n) is 10.3. The van der Waals surface area contributed by atoms with Gasteiger partial charge >= 0.3 is 0 Å². The van der Waals surface area contributed by atoms with E-state index in [4.69, 9.17) is 4.74 Å². The van der Waals surface area contributed by atoms with E-state index in [1.807, 2.05) is 0 Å². The van der Waals surface area contributed by atoms with Crippen LogP contribution < -0.4 is 4.74 Å². The molecule has 3 nitrogen and oxygen atoms in total. The van der Waals surface area contributed by atoms with Crippen LogP contribution in [-0.4, -0.2) is 9.13 Å². The second-order valence-corrected chi connectivity index (χ2v) is 15.2. The Morgan fingerprint density at radius 3 is 1.27 bits per heavy atom. The maximum atomic E-state index is 6.85. The van der Waals surface area contributed by atoms with Crippen LogP contribution >= 0.6 is 0 Å². The Kier molecular flexibility index (Phi) is 5.83. The smallest absolute Gasteiger partial charge is 0.132 e. The maximum Gasteiger partial charge on any atom is 0.132 e. The minimum Gasteiger partial charge on any atom is -0.457 e. The summed E-state index contributed by atoms with van der Waals surface area (Å²) in [4.78, 5) is 0. The molecule has 0 bridgehead atoms. The molecule has 56 heavy (non-hydrogen) atoms. The van der Waals surface area contributed by atoms with E-state index in [2.05, 4.69) is 203 Å². The van der Waals surface area contributed by atoms with Crippen molar-refractivity contribution in [3.8, 4) is 34.0 Å². The van der Waals surface area contributed by atoms with Crippen molar-refractivity contribution in [1.29, 1.82) is 0 Å². The van der Waals surface area contributed by atoms with Crippen LogP contribution in [-0.2, 0) is 5.41 Å². The Morgan fingerprint density at radius 2 is 0.750 bits per heavy atom. The Balaban J connectivity index is 1.16. The van der Waals surface area contributed by atoms with Gasteiger partial charge in [-0.15, -0.1) is 0 Å². The van der Waals surface area contributed by atoms with Gasteiger partial charge < -0.3 is 13.9 Å². The lowest BCUT2D eigenvalue weighted by atomic mass is 9.66. The summed E-state index contributed by atoms with van der Waals surface area (Å²) in [6.45, 7) is 0. The minimum absolute atomic E-state index is 0.600. The van der Waals surface area contributed by atoms with Crippen molar-refractivity contribution in [3.63, 3.8) is 0 Å². The monoisotopic (exact) mass is 712 g/mol. The third-order valence-electron chi connectivity index (χ3n) is 12.5. The van der Waals surface area contributed by atoms with E-state index < -0.39 is 5.41 Å². The van der Waals surface area contributed by atoms with Crippen LogP contribution in [0.2, 0.25) is 0 Å². The van der Waals surface area contributed by atoms with Crippen molar-refractivity contribution in [3.05, 3.63) is 216 Å². The quantitative estimate of drug-likeness (QED) is 0.175. The molecule has 1 aliphatic carbocycles. The van der Waals surface area contributed by atoms with Crippen molar-refractivity contribution >= 4 is 54.4 Å². The first-order chi connectivity index (χ1) is 27.8. The van der Waals surface area contributed by atoms with E-state index in [0.717, 1.165) is 28.4 Å². The molecule has 2 aliphatic rings. The fourth-order valence-corrected chi connectivity index (χ4v) is 10.3. The lowest BCUT2D eigenvalue weighted by Gasteiger charge is -2.39. The van der Waals surface area contributed by atoms with E-state index in [1.165, 1.54) is 82.2 Å². The van der Waals surface area contributed by atoms with Gasteiger partial charge in [0.1, 0.15) is 11.5 Å². The van der Waals surface area contributed by atoms with Gasteiger partial charge in [0.25, 0.3) is 0 Å². The summed E-state index contributed by atoms with van der Waals surface area (Å²) in [6.07, 6.45) is 0. The largest absolute Gasteiger partial charge is 0.457 e. The molecule has 3 heteroatoms. The first-order valence-electron chi connectivity index (χ1n) is 19.3. The van der Waals surface area contributed by atoms with Gasteiger partial charge in [0.05, 0.1) is 27.5 Å². The summed E-state index contributed by atoms with van der Waals surface area (Å²) >= 11 is 0. The van der Waals surface area contributed by atoms with E-state index in [1.54, 1.807) is 0 Å². The van der Waals surface area contributed by atoms with Gasteiger partial charge in [-0.2, -0.15) is 0 Å². The molecule has 0 saturated carbocycles. The molecule has 2 aromatic heterocycles. The average Bonchev–Trinajstić information content (AvgIpc) is 3.87. The summed E-state index contributed by atoms with van der Waals surface area (Å²) in [5, 5.41) is 7.40. The maximum absolute atomic E-state index is 6.85. The van der Waals surface area contributed by atoms with Gasteiger partial charge in [0.15, 0.2) is 0 Å². The molecular formula is C53H32N2O. The number of hydrogen-bond donors (Lipinski definition) is 0. The molecular weight excluding hydrogens is 681 g/mol. The molecule has 0 unspecified atom stereocenters. The predicted octanol–water partition coefficient (Wildman–Crippen LogP) is 13.5. The third kappa shape index (κ3) is 3.76. The van der Waals surface area contributed by atoms with Crippen LogP contribution in [0.1, 0.15) is 22.3 Å². The SMILES string of the molecule is c1ccc2c(c1)Oc1cc3ccccc3cc1C21c2ccc(-n3c4ccccc4c4ccccc43)cc2-c2cc(-n3c4ccccc4c4ccccc43)ccc21. The first kappa shape index (κ1) is 30.0. The number of aromatic nitrogens is 2. The van der Waals surface area contributed by atoms with Crippen LogP contribution in [0, 0.1) is 0 Å². The molecule has 0 amide bonds. The highest BCUT2D eigenvalue weighted by Gasteiger charge is 2.51.